The zero-order valence-corrected chi connectivity index (χ0v) is 12.8. The number of carbonyl (C=O) groups is 2. The van der Waals surface area contributed by atoms with Gasteiger partial charge in [0.1, 0.15) is 0 Å². The molecule has 22 heavy (non-hydrogen) atoms. The fourth-order valence-corrected chi connectivity index (χ4v) is 2.28. The third kappa shape index (κ3) is 4.33. The summed E-state index contributed by atoms with van der Waals surface area (Å²) in [5.41, 5.74) is 1.22. The first-order valence-electron chi connectivity index (χ1n) is 6.84. The van der Waals surface area contributed by atoms with E-state index in [1.165, 1.54) is 0 Å². The lowest BCUT2D eigenvalue weighted by atomic mass is 10.1. The quantitative estimate of drug-likeness (QED) is 0.860. The van der Waals surface area contributed by atoms with E-state index in [2.05, 4.69) is 5.32 Å². The number of halogens is 1. The molecule has 0 aromatic heterocycles. The molecular formula is C17H16ClNO3. The molecule has 0 unspecified atom stereocenters. The number of hydrogen-bond donors (Lipinski definition) is 1. The van der Waals surface area contributed by atoms with Gasteiger partial charge in [-0.3, -0.25) is 4.79 Å². The summed E-state index contributed by atoms with van der Waals surface area (Å²) < 4.78 is 4.97. The van der Waals surface area contributed by atoms with E-state index in [0.29, 0.717) is 10.6 Å². The Kier molecular flexibility index (Phi) is 5.55. The average Bonchev–Trinajstić information content (AvgIpc) is 2.53. The molecule has 0 saturated carbocycles. The predicted molar refractivity (Wildman–Crippen MR) is 84.7 cm³/mol. The highest BCUT2D eigenvalue weighted by atomic mass is 35.5. The molecular weight excluding hydrogens is 302 g/mol. The van der Waals surface area contributed by atoms with Gasteiger partial charge in [0.15, 0.2) is 6.61 Å². The summed E-state index contributed by atoms with van der Waals surface area (Å²) in [7, 11) is 0. The van der Waals surface area contributed by atoms with Crippen LogP contribution in [0.25, 0.3) is 0 Å². The minimum atomic E-state index is -0.527. The molecule has 2 rings (SSSR count). The average molecular weight is 318 g/mol. The molecule has 0 aliphatic heterocycles. The number of rotatable bonds is 5. The van der Waals surface area contributed by atoms with Gasteiger partial charge in [-0.15, -0.1) is 0 Å². The van der Waals surface area contributed by atoms with Crippen LogP contribution in [0.15, 0.2) is 54.6 Å². The molecule has 0 aliphatic rings. The van der Waals surface area contributed by atoms with Gasteiger partial charge in [-0.05, 0) is 30.7 Å². The van der Waals surface area contributed by atoms with Crippen molar-refractivity contribution in [2.45, 2.75) is 13.0 Å². The van der Waals surface area contributed by atoms with Crippen molar-refractivity contribution in [2.24, 2.45) is 0 Å². The van der Waals surface area contributed by atoms with E-state index in [4.69, 9.17) is 16.3 Å². The molecule has 5 heteroatoms. The van der Waals surface area contributed by atoms with E-state index in [9.17, 15) is 9.59 Å². The van der Waals surface area contributed by atoms with Crippen LogP contribution in [0.3, 0.4) is 0 Å². The van der Waals surface area contributed by atoms with Crippen LogP contribution in [-0.4, -0.2) is 18.5 Å². The number of amides is 1. The van der Waals surface area contributed by atoms with E-state index >= 15 is 0 Å². The van der Waals surface area contributed by atoms with Gasteiger partial charge in [-0.2, -0.15) is 0 Å². The Labute approximate surface area is 134 Å². The molecule has 0 fully saturated rings. The van der Waals surface area contributed by atoms with E-state index in [1.54, 1.807) is 36.4 Å². The van der Waals surface area contributed by atoms with E-state index in [-0.39, 0.29) is 18.6 Å². The summed E-state index contributed by atoms with van der Waals surface area (Å²) in [4.78, 5) is 23.6. The summed E-state index contributed by atoms with van der Waals surface area (Å²) in [6, 6.07) is 15.5. The van der Waals surface area contributed by atoms with Gasteiger partial charge in [0.25, 0.3) is 5.91 Å². The van der Waals surface area contributed by atoms with E-state index in [1.807, 2.05) is 25.1 Å². The summed E-state index contributed by atoms with van der Waals surface area (Å²) in [5, 5.41) is 3.32. The van der Waals surface area contributed by atoms with Crippen LogP contribution in [0.4, 0.5) is 0 Å². The van der Waals surface area contributed by atoms with Crippen molar-refractivity contribution in [3.8, 4) is 0 Å². The number of benzene rings is 2. The van der Waals surface area contributed by atoms with E-state index < -0.39 is 5.97 Å². The van der Waals surface area contributed by atoms with Gasteiger partial charge in [-0.25, -0.2) is 4.79 Å². The highest BCUT2D eigenvalue weighted by molar-refractivity contribution is 6.31. The third-order valence-electron chi connectivity index (χ3n) is 3.09. The molecule has 1 amide bonds. The Hall–Kier alpha value is -2.33. The van der Waals surface area contributed by atoms with Crippen LogP contribution >= 0.6 is 11.6 Å². The van der Waals surface area contributed by atoms with Gasteiger partial charge >= 0.3 is 5.97 Å². The van der Waals surface area contributed by atoms with Crippen LogP contribution < -0.4 is 5.32 Å². The van der Waals surface area contributed by atoms with Crippen LogP contribution in [0, 0.1) is 0 Å². The molecule has 2 aromatic carbocycles. The van der Waals surface area contributed by atoms with Gasteiger partial charge < -0.3 is 10.1 Å². The number of hydrogen-bond acceptors (Lipinski definition) is 3. The van der Waals surface area contributed by atoms with Gasteiger partial charge in [-0.1, -0.05) is 48.0 Å². The second-order valence-electron chi connectivity index (χ2n) is 4.75. The largest absolute Gasteiger partial charge is 0.452 e. The van der Waals surface area contributed by atoms with Crippen LogP contribution in [-0.2, 0) is 9.53 Å². The summed E-state index contributed by atoms with van der Waals surface area (Å²) >= 11 is 6.07. The maximum absolute atomic E-state index is 11.8. The van der Waals surface area contributed by atoms with Crippen LogP contribution in [0.2, 0.25) is 5.02 Å². The number of ether oxygens (including phenoxy) is 1. The second kappa shape index (κ2) is 7.61. The minimum absolute atomic E-state index is 0.267. The highest BCUT2D eigenvalue weighted by Gasteiger charge is 2.14. The molecule has 2 aromatic rings. The van der Waals surface area contributed by atoms with Crippen molar-refractivity contribution < 1.29 is 14.3 Å². The first kappa shape index (κ1) is 16.0. The maximum Gasteiger partial charge on any atom is 0.338 e. The van der Waals surface area contributed by atoms with E-state index in [0.717, 1.165) is 5.56 Å². The standard InChI is InChI=1S/C17H16ClNO3/c1-12(14-9-5-6-10-15(14)18)19-16(20)11-22-17(21)13-7-3-2-4-8-13/h2-10,12H,11H2,1H3,(H,19,20)/t12-/m0/s1. The fraction of sp³-hybridized carbons (Fsp3) is 0.176. The van der Waals surface area contributed by atoms with Crippen molar-refractivity contribution in [1.82, 2.24) is 5.32 Å². The van der Waals surface area contributed by atoms with Gasteiger partial charge in [0.05, 0.1) is 11.6 Å². The lowest BCUT2D eigenvalue weighted by molar-refractivity contribution is -0.124. The molecule has 0 spiro atoms. The summed E-state index contributed by atoms with van der Waals surface area (Å²) in [5.74, 6) is -0.905. The zero-order chi connectivity index (χ0) is 15.9. The zero-order valence-electron chi connectivity index (χ0n) is 12.1. The van der Waals surface area contributed by atoms with Crippen LogP contribution in [0.1, 0.15) is 28.9 Å². The Morgan fingerprint density at radius 3 is 2.41 bits per heavy atom. The Morgan fingerprint density at radius 1 is 1.09 bits per heavy atom. The molecule has 0 aliphatic carbocycles. The highest BCUT2D eigenvalue weighted by Crippen LogP contribution is 2.21. The predicted octanol–water partition coefficient (Wildman–Crippen LogP) is 3.37. The number of carbonyl (C=O) groups excluding carboxylic acids is 2. The minimum Gasteiger partial charge on any atom is -0.452 e. The molecule has 0 heterocycles. The van der Waals surface area contributed by atoms with Crippen molar-refractivity contribution >= 4 is 23.5 Å². The molecule has 114 valence electrons. The smallest absolute Gasteiger partial charge is 0.338 e. The SMILES string of the molecule is C[C@H](NC(=O)COC(=O)c1ccccc1)c1ccccc1Cl. The molecule has 0 bridgehead atoms. The topological polar surface area (TPSA) is 55.4 Å². The summed E-state index contributed by atoms with van der Waals surface area (Å²) in [6.07, 6.45) is 0. The maximum atomic E-state index is 11.8. The van der Waals surface area contributed by atoms with Crippen molar-refractivity contribution in [3.05, 3.63) is 70.7 Å². The third-order valence-corrected chi connectivity index (χ3v) is 3.44. The Balaban J connectivity index is 1.86. The lowest BCUT2D eigenvalue weighted by Gasteiger charge is -2.15. The molecule has 0 radical (unpaired) electrons. The molecule has 1 N–H and O–H groups in total. The monoisotopic (exact) mass is 317 g/mol. The van der Waals surface area contributed by atoms with Gasteiger partial charge in [0, 0.05) is 5.02 Å². The first-order valence-corrected chi connectivity index (χ1v) is 7.21. The summed E-state index contributed by atoms with van der Waals surface area (Å²) in [6.45, 7) is 1.49. The Morgan fingerprint density at radius 2 is 1.73 bits per heavy atom. The molecule has 0 saturated heterocycles. The molecule has 1 atom stereocenters. The number of esters is 1. The Bertz CT molecular complexity index is 658. The van der Waals surface area contributed by atoms with Crippen molar-refractivity contribution in [2.75, 3.05) is 6.61 Å². The first-order chi connectivity index (χ1) is 10.6. The number of nitrogens with one attached hydrogen (secondary N) is 1. The second-order valence-corrected chi connectivity index (χ2v) is 5.16. The molecule has 4 nitrogen and oxygen atoms in total. The van der Waals surface area contributed by atoms with Crippen molar-refractivity contribution in [1.29, 1.82) is 0 Å². The van der Waals surface area contributed by atoms with Crippen LogP contribution in [0.5, 0.6) is 0 Å². The lowest BCUT2D eigenvalue weighted by Crippen LogP contribution is -2.31. The van der Waals surface area contributed by atoms with Crippen molar-refractivity contribution in [3.63, 3.8) is 0 Å². The normalized spacial score (nSPS) is 11.5. The van der Waals surface area contributed by atoms with Gasteiger partial charge in [0.2, 0.25) is 0 Å². The fourth-order valence-electron chi connectivity index (χ4n) is 1.98.